The van der Waals surface area contributed by atoms with Crippen molar-refractivity contribution in [2.45, 2.75) is 6.04 Å². The zero-order valence-electron chi connectivity index (χ0n) is 15.8. The van der Waals surface area contributed by atoms with E-state index in [0.29, 0.717) is 16.8 Å². The van der Waals surface area contributed by atoms with Crippen molar-refractivity contribution in [2.75, 3.05) is 5.01 Å². The number of aromatic carboxylic acids is 1. The molecule has 1 heterocycles. The lowest BCUT2D eigenvalue weighted by molar-refractivity contribution is -0.114. The van der Waals surface area contributed by atoms with Crippen LogP contribution in [0.4, 0.5) is 5.69 Å². The minimum absolute atomic E-state index is 0.187. The van der Waals surface area contributed by atoms with Crippen LogP contribution in [0.5, 0.6) is 0 Å². The molecule has 146 valence electrons. The number of hydrogen-bond donors (Lipinski definition) is 2. The van der Waals surface area contributed by atoms with Gasteiger partial charge in [-0.15, -0.1) is 0 Å². The second-order valence-corrected chi connectivity index (χ2v) is 6.80. The lowest BCUT2D eigenvalue weighted by Crippen LogP contribution is -2.35. The summed E-state index contributed by atoms with van der Waals surface area (Å²) in [5.41, 5.74) is 6.77. The number of rotatable bonds is 4. The van der Waals surface area contributed by atoms with Crippen molar-refractivity contribution >= 4 is 23.6 Å². The van der Waals surface area contributed by atoms with Gasteiger partial charge in [-0.05, 0) is 53.6 Å². The van der Waals surface area contributed by atoms with Gasteiger partial charge in [0.1, 0.15) is 0 Å². The molecule has 0 spiro atoms. The molecule has 1 unspecified atom stereocenters. The van der Waals surface area contributed by atoms with E-state index >= 15 is 0 Å². The van der Waals surface area contributed by atoms with Gasteiger partial charge in [0.15, 0.2) is 0 Å². The highest BCUT2D eigenvalue weighted by Gasteiger charge is 2.36. The number of hydrazine groups is 1. The van der Waals surface area contributed by atoms with Crippen molar-refractivity contribution in [1.29, 1.82) is 5.26 Å². The van der Waals surface area contributed by atoms with Crippen LogP contribution in [0.3, 0.4) is 0 Å². The highest BCUT2D eigenvalue weighted by molar-refractivity contribution is 6.11. The molecule has 6 nitrogen and oxygen atoms in total. The van der Waals surface area contributed by atoms with Crippen molar-refractivity contribution in [3.63, 3.8) is 0 Å². The first kappa shape index (κ1) is 19.1. The molecule has 0 bridgehead atoms. The fraction of sp³-hybridized carbons (Fsp3) is 0.0417. The molecule has 0 aromatic heterocycles. The number of carbonyl (C=O) groups excluding carboxylic acids is 1. The van der Waals surface area contributed by atoms with Crippen molar-refractivity contribution in [3.05, 3.63) is 107 Å². The van der Waals surface area contributed by atoms with E-state index in [0.717, 1.165) is 11.1 Å². The quantitative estimate of drug-likeness (QED) is 0.653. The Kier molecular flexibility index (Phi) is 5.12. The van der Waals surface area contributed by atoms with Crippen LogP contribution in [0.1, 0.15) is 33.1 Å². The third kappa shape index (κ3) is 3.70. The molecule has 3 aromatic rings. The first-order valence-electron chi connectivity index (χ1n) is 9.27. The molecule has 0 saturated carbocycles. The monoisotopic (exact) mass is 395 g/mol. The van der Waals surface area contributed by atoms with Gasteiger partial charge in [-0.3, -0.25) is 4.79 Å². The Balaban J connectivity index is 1.73. The van der Waals surface area contributed by atoms with Crippen LogP contribution in [-0.4, -0.2) is 17.0 Å². The first-order chi connectivity index (χ1) is 14.6. The summed E-state index contributed by atoms with van der Waals surface area (Å²) >= 11 is 0. The Labute approximate surface area is 173 Å². The van der Waals surface area contributed by atoms with Crippen LogP contribution in [0, 0.1) is 11.3 Å². The lowest BCUT2D eigenvalue weighted by Gasteiger charge is -2.17. The standard InChI is InChI=1S/C24H17N3O3/c25-15-17-8-12-20(13-9-17)27-23(28)21(22(26-27)18-4-2-1-3-5-18)14-16-6-10-19(11-7-16)24(29)30/h1-14,22,26H,(H,29,30)/b21-14-. The maximum absolute atomic E-state index is 13.3. The Hall–Kier alpha value is -4.21. The molecule has 1 saturated heterocycles. The van der Waals surface area contributed by atoms with E-state index in [4.69, 9.17) is 10.4 Å². The van der Waals surface area contributed by atoms with Crippen molar-refractivity contribution in [2.24, 2.45) is 0 Å². The third-order valence-corrected chi connectivity index (χ3v) is 4.89. The van der Waals surface area contributed by atoms with Crippen LogP contribution < -0.4 is 10.4 Å². The van der Waals surface area contributed by atoms with Gasteiger partial charge in [-0.25, -0.2) is 15.2 Å². The van der Waals surface area contributed by atoms with Crippen LogP contribution in [0.25, 0.3) is 6.08 Å². The van der Waals surface area contributed by atoms with Gasteiger partial charge < -0.3 is 5.11 Å². The van der Waals surface area contributed by atoms with Crippen molar-refractivity contribution in [3.8, 4) is 6.07 Å². The second kappa shape index (κ2) is 8.03. The average molecular weight is 395 g/mol. The number of carbonyl (C=O) groups is 2. The molecular weight excluding hydrogens is 378 g/mol. The van der Waals surface area contributed by atoms with Crippen molar-refractivity contribution < 1.29 is 14.7 Å². The van der Waals surface area contributed by atoms with Gasteiger partial charge in [0.05, 0.1) is 28.9 Å². The van der Waals surface area contributed by atoms with Gasteiger partial charge in [-0.2, -0.15) is 5.26 Å². The fourth-order valence-electron chi connectivity index (χ4n) is 3.33. The summed E-state index contributed by atoms with van der Waals surface area (Å²) in [4.78, 5) is 24.3. The molecule has 1 amide bonds. The predicted octanol–water partition coefficient (Wildman–Crippen LogP) is 3.93. The Morgan fingerprint density at radius 2 is 1.67 bits per heavy atom. The zero-order valence-corrected chi connectivity index (χ0v) is 15.8. The maximum atomic E-state index is 13.3. The van der Waals surface area contributed by atoms with E-state index in [1.165, 1.54) is 17.1 Å². The predicted molar refractivity (Wildman–Crippen MR) is 112 cm³/mol. The summed E-state index contributed by atoms with van der Waals surface area (Å²) in [5.74, 6) is -1.21. The van der Waals surface area contributed by atoms with Crippen LogP contribution >= 0.6 is 0 Å². The van der Waals surface area contributed by atoms with E-state index in [1.807, 2.05) is 30.3 Å². The normalized spacial score (nSPS) is 17.2. The molecule has 2 N–H and O–H groups in total. The Bertz CT molecular complexity index is 1160. The van der Waals surface area contributed by atoms with Gasteiger partial charge >= 0.3 is 5.97 Å². The van der Waals surface area contributed by atoms with Crippen LogP contribution in [0.15, 0.2) is 84.4 Å². The third-order valence-electron chi connectivity index (χ3n) is 4.89. The largest absolute Gasteiger partial charge is 0.478 e. The maximum Gasteiger partial charge on any atom is 0.335 e. The summed E-state index contributed by atoms with van der Waals surface area (Å²) in [6, 6.07) is 24.4. The van der Waals surface area contributed by atoms with Crippen LogP contribution in [0.2, 0.25) is 0 Å². The van der Waals surface area contributed by atoms with E-state index < -0.39 is 5.97 Å². The Morgan fingerprint density at radius 1 is 1.00 bits per heavy atom. The van der Waals surface area contributed by atoms with E-state index in [2.05, 4.69) is 11.5 Å². The van der Waals surface area contributed by atoms with Crippen molar-refractivity contribution in [1.82, 2.24) is 5.43 Å². The molecule has 1 fully saturated rings. The number of carboxylic acids is 1. The molecule has 0 radical (unpaired) electrons. The molecule has 6 heteroatoms. The number of benzene rings is 3. The number of nitrogens with one attached hydrogen (secondary N) is 1. The highest BCUT2D eigenvalue weighted by atomic mass is 16.4. The fourth-order valence-corrected chi connectivity index (χ4v) is 3.33. The summed E-state index contributed by atoms with van der Waals surface area (Å²) in [7, 11) is 0. The average Bonchev–Trinajstić information content (AvgIpc) is 3.11. The number of amides is 1. The first-order valence-corrected chi connectivity index (χ1v) is 9.27. The molecule has 4 rings (SSSR count). The summed E-state index contributed by atoms with van der Waals surface area (Å²) in [5, 5.41) is 19.6. The molecule has 1 aliphatic rings. The van der Waals surface area contributed by atoms with Crippen LogP contribution in [-0.2, 0) is 4.79 Å². The number of carboxylic acid groups (broad SMARTS) is 1. The number of hydrogen-bond acceptors (Lipinski definition) is 4. The molecule has 1 atom stereocenters. The van der Waals surface area contributed by atoms with E-state index in [1.54, 1.807) is 42.5 Å². The highest BCUT2D eigenvalue weighted by Crippen LogP contribution is 2.33. The number of nitrogens with zero attached hydrogens (tertiary/aromatic N) is 2. The lowest BCUT2D eigenvalue weighted by atomic mass is 9.97. The molecule has 3 aromatic carbocycles. The second-order valence-electron chi connectivity index (χ2n) is 6.80. The van der Waals surface area contributed by atoms with Gasteiger partial charge in [-0.1, -0.05) is 42.5 Å². The molecule has 0 aliphatic carbocycles. The topological polar surface area (TPSA) is 93.4 Å². The van der Waals surface area contributed by atoms with E-state index in [9.17, 15) is 9.59 Å². The Morgan fingerprint density at radius 3 is 2.27 bits per heavy atom. The summed E-state index contributed by atoms with van der Waals surface area (Å²) in [6.07, 6.45) is 1.77. The molecule has 30 heavy (non-hydrogen) atoms. The minimum Gasteiger partial charge on any atom is -0.478 e. The summed E-state index contributed by atoms with van der Waals surface area (Å²) < 4.78 is 0. The van der Waals surface area contributed by atoms with Gasteiger partial charge in [0.2, 0.25) is 0 Å². The zero-order chi connectivity index (χ0) is 21.1. The number of anilines is 1. The number of nitriles is 1. The minimum atomic E-state index is -0.998. The van der Waals surface area contributed by atoms with E-state index in [-0.39, 0.29) is 17.5 Å². The molecule has 1 aliphatic heterocycles. The van der Waals surface area contributed by atoms with Gasteiger partial charge in [0.25, 0.3) is 5.91 Å². The summed E-state index contributed by atoms with van der Waals surface area (Å²) in [6.45, 7) is 0. The SMILES string of the molecule is N#Cc1ccc(N2NC(c3ccccc3)/C(=C/c3ccc(C(=O)O)cc3)C2=O)cc1. The smallest absolute Gasteiger partial charge is 0.335 e. The molecular formula is C24H17N3O3. The van der Waals surface area contributed by atoms with Gasteiger partial charge in [0, 0.05) is 5.57 Å².